The molecule has 6 nitrogen and oxygen atoms in total. The molecule has 1 atom stereocenters. The van der Waals surface area contributed by atoms with Crippen molar-refractivity contribution in [3.63, 3.8) is 0 Å². The fourth-order valence-corrected chi connectivity index (χ4v) is 2.57. The van der Waals surface area contributed by atoms with Gasteiger partial charge < -0.3 is 25.4 Å². The number of hydrogen-bond donors (Lipinski definition) is 2. The third kappa shape index (κ3) is 6.55. The van der Waals surface area contributed by atoms with Gasteiger partial charge >= 0.3 is 0 Å². The van der Waals surface area contributed by atoms with Gasteiger partial charge in [-0.1, -0.05) is 12.1 Å². The van der Waals surface area contributed by atoms with Gasteiger partial charge in [0.05, 0.1) is 26.8 Å². The Morgan fingerprint density at radius 3 is 2.44 bits per heavy atom. The minimum Gasteiger partial charge on any atom is -0.493 e. The van der Waals surface area contributed by atoms with Crippen molar-refractivity contribution in [1.29, 1.82) is 0 Å². The van der Waals surface area contributed by atoms with E-state index < -0.39 is 0 Å². The number of halogens is 2. The molecule has 27 heavy (non-hydrogen) atoms. The highest BCUT2D eigenvalue weighted by Crippen LogP contribution is 2.29. The Balaban J connectivity index is 0.00000364. The molecule has 1 unspecified atom stereocenters. The number of guanidine groups is 1. The van der Waals surface area contributed by atoms with Crippen molar-refractivity contribution in [1.82, 2.24) is 4.90 Å². The number of nitrogens with two attached hydrogens (primary N) is 1. The molecule has 2 aromatic rings. The third-order valence-electron chi connectivity index (χ3n) is 3.95. The van der Waals surface area contributed by atoms with E-state index in [4.69, 9.17) is 15.2 Å². The zero-order valence-corrected chi connectivity index (χ0v) is 18.2. The van der Waals surface area contributed by atoms with Gasteiger partial charge in [-0.15, -0.1) is 24.0 Å². The summed E-state index contributed by atoms with van der Waals surface area (Å²) < 4.78 is 24.0. The first-order chi connectivity index (χ1) is 12.4. The molecule has 0 saturated heterocycles. The molecule has 0 spiro atoms. The van der Waals surface area contributed by atoms with Crippen molar-refractivity contribution in [3.05, 3.63) is 53.8 Å². The van der Waals surface area contributed by atoms with Crippen LogP contribution in [0.25, 0.3) is 0 Å². The fraction of sp³-hybridized carbons (Fsp3) is 0.316. The lowest BCUT2D eigenvalue weighted by Crippen LogP contribution is -2.27. The van der Waals surface area contributed by atoms with Crippen molar-refractivity contribution in [2.24, 2.45) is 10.7 Å². The molecular formula is C19H26FIN4O2. The standard InChI is InChI=1S/C19H25FN4O2.HI/c1-24(2)16(13-6-5-7-14(20)10-13)12-22-19(21)23-15-8-9-17(25-3)18(11-15)26-4;/h5-11,16H,12H2,1-4H3,(H3,21,22,23);1H. The average Bonchev–Trinajstić information content (AvgIpc) is 2.61. The number of methoxy groups -OCH3 is 2. The molecule has 0 bridgehead atoms. The summed E-state index contributed by atoms with van der Waals surface area (Å²) in [5.74, 6) is 1.22. The molecule has 0 aliphatic carbocycles. The number of nitrogens with zero attached hydrogens (tertiary/aromatic N) is 2. The largest absolute Gasteiger partial charge is 0.493 e. The molecule has 2 aromatic carbocycles. The van der Waals surface area contributed by atoms with Crippen LogP contribution in [0.4, 0.5) is 10.1 Å². The second kappa shape index (κ2) is 10.9. The van der Waals surface area contributed by atoms with E-state index in [0.29, 0.717) is 18.0 Å². The molecule has 0 aliphatic heterocycles. The zero-order chi connectivity index (χ0) is 19.1. The highest BCUT2D eigenvalue weighted by Gasteiger charge is 2.14. The van der Waals surface area contributed by atoms with Crippen molar-refractivity contribution < 1.29 is 13.9 Å². The van der Waals surface area contributed by atoms with Crippen LogP contribution in [0.1, 0.15) is 11.6 Å². The molecule has 3 N–H and O–H groups in total. The third-order valence-corrected chi connectivity index (χ3v) is 3.95. The SMILES string of the molecule is COc1ccc(NC(N)=NCC(c2cccc(F)c2)N(C)C)cc1OC.I. The van der Waals surface area contributed by atoms with Gasteiger partial charge in [-0.2, -0.15) is 0 Å². The van der Waals surface area contributed by atoms with E-state index in [1.165, 1.54) is 12.1 Å². The molecule has 8 heteroatoms. The molecule has 148 valence electrons. The van der Waals surface area contributed by atoms with E-state index in [9.17, 15) is 4.39 Å². The normalized spacial score (nSPS) is 12.3. The molecule has 0 saturated carbocycles. The number of ether oxygens (including phenoxy) is 2. The van der Waals surface area contributed by atoms with Crippen molar-refractivity contribution >= 4 is 35.6 Å². The topological polar surface area (TPSA) is 72.1 Å². The summed E-state index contributed by atoms with van der Waals surface area (Å²) >= 11 is 0. The Morgan fingerprint density at radius 1 is 1.15 bits per heavy atom. The molecular weight excluding hydrogens is 462 g/mol. The minimum atomic E-state index is -0.269. The van der Waals surface area contributed by atoms with Crippen molar-refractivity contribution in [2.75, 3.05) is 40.2 Å². The van der Waals surface area contributed by atoms with Gasteiger partial charge in [0, 0.05) is 11.8 Å². The minimum absolute atomic E-state index is 0. The first-order valence-electron chi connectivity index (χ1n) is 8.15. The number of likely N-dealkylation sites (N-methyl/N-ethyl adjacent to an activating group) is 1. The van der Waals surface area contributed by atoms with Crippen LogP contribution in [0, 0.1) is 5.82 Å². The Bertz CT molecular complexity index is 771. The van der Waals surface area contributed by atoms with E-state index in [1.54, 1.807) is 32.4 Å². The number of aliphatic imine (C=N–C) groups is 1. The lowest BCUT2D eigenvalue weighted by Gasteiger charge is -2.23. The summed E-state index contributed by atoms with van der Waals surface area (Å²) in [7, 11) is 6.99. The van der Waals surface area contributed by atoms with Crippen LogP contribution in [0.5, 0.6) is 11.5 Å². The van der Waals surface area contributed by atoms with Gasteiger partial charge in [0.1, 0.15) is 5.82 Å². The Labute approximate surface area is 176 Å². The van der Waals surface area contributed by atoms with Gasteiger partial charge in [-0.25, -0.2) is 4.39 Å². The van der Waals surface area contributed by atoms with E-state index in [-0.39, 0.29) is 41.8 Å². The smallest absolute Gasteiger partial charge is 0.193 e. The second-order valence-corrected chi connectivity index (χ2v) is 5.96. The van der Waals surface area contributed by atoms with Crippen molar-refractivity contribution in [2.45, 2.75) is 6.04 Å². The molecule has 0 radical (unpaired) electrons. The molecule has 0 fully saturated rings. The summed E-state index contributed by atoms with van der Waals surface area (Å²) in [4.78, 5) is 6.37. The number of hydrogen-bond acceptors (Lipinski definition) is 4. The first-order valence-corrected chi connectivity index (χ1v) is 8.15. The zero-order valence-electron chi connectivity index (χ0n) is 15.9. The summed E-state index contributed by atoms with van der Waals surface area (Å²) in [6.07, 6.45) is 0. The molecule has 2 rings (SSSR count). The van der Waals surface area contributed by atoms with Gasteiger partial charge in [-0.05, 0) is 43.9 Å². The van der Waals surface area contributed by atoms with Crippen LogP contribution in [-0.2, 0) is 0 Å². The first kappa shape index (κ1) is 23.0. The van der Waals surface area contributed by atoms with Crippen molar-refractivity contribution in [3.8, 4) is 11.5 Å². The average molecular weight is 488 g/mol. The molecule has 0 heterocycles. The summed E-state index contributed by atoms with van der Waals surface area (Å²) in [5, 5.41) is 3.02. The van der Waals surface area contributed by atoms with E-state index in [2.05, 4.69) is 10.3 Å². The highest BCUT2D eigenvalue weighted by molar-refractivity contribution is 14.0. The lowest BCUT2D eigenvalue weighted by molar-refractivity contribution is 0.306. The van der Waals surface area contributed by atoms with Gasteiger partial charge in [0.25, 0.3) is 0 Å². The fourth-order valence-electron chi connectivity index (χ4n) is 2.57. The van der Waals surface area contributed by atoms with Crippen LogP contribution < -0.4 is 20.5 Å². The Hall–Kier alpha value is -2.07. The number of benzene rings is 2. The highest BCUT2D eigenvalue weighted by atomic mass is 127. The monoisotopic (exact) mass is 488 g/mol. The molecule has 0 aromatic heterocycles. The van der Waals surface area contributed by atoms with Gasteiger partial charge in [0.2, 0.25) is 0 Å². The predicted octanol–water partition coefficient (Wildman–Crippen LogP) is 3.49. The Morgan fingerprint density at radius 2 is 1.85 bits per heavy atom. The molecule has 0 aliphatic rings. The maximum Gasteiger partial charge on any atom is 0.193 e. The van der Waals surface area contributed by atoms with Gasteiger partial charge in [-0.3, -0.25) is 4.99 Å². The van der Waals surface area contributed by atoms with E-state index in [1.807, 2.05) is 31.1 Å². The quantitative estimate of drug-likeness (QED) is 0.355. The second-order valence-electron chi connectivity index (χ2n) is 5.96. The maximum atomic E-state index is 13.5. The van der Waals surface area contributed by atoms with Crippen LogP contribution in [-0.4, -0.2) is 45.7 Å². The van der Waals surface area contributed by atoms with E-state index >= 15 is 0 Å². The molecule has 0 amide bonds. The van der Waals surface area contributed by atoms with Crippen LogP contribution >= 0.6 is 24.0 Å². The Kier molecular flexibility index (Phi) is 9.30. The summed E-state index contributed by atoms with van der Waals surface area (Å²) in [6, 6.07) is 11.8. The van der Waals surface area contributed by atoms with E-state index in [0.717, 1.165) is 11.3 Å². The van der Waals surface area contributed by atoms with Crippen LogP contribution in [0.3, 0.4) is 0 Å². The summed E-state index contributed by atoms with van der Waals surface area (Å²) in [6.45, 7) is 0.391. The predicted molar refractivity (Wildman–Crippen MR) is 118 cm³/mol. The van der Waals surface area contributed by atoms with Gasteiger partial charge in [0.15, 0.2) is 17.5 Å². The number of nitrogens with one attached hydrogen (secondary N) is 1. The lowest BCUT2D eigenvalue weighted by atomic mass is 10.1. The number of anilines is 1. The van der Waals surface area contributed by atoms with Crippen LogP contribution in [0.2, 0.25) is 0 Å². The van der Waals surface area contributed by atoms with Crippen LogP contribution in [0.15, 0.2) is 47.5 Å². The summed E-state index contributed by atoms with van der Waals surface area (Å²) in [5.41, 5.74) is 7.58. The number of rotatable bonds is 7. The maximum absolute atomic E-state index is 13.5.